The third-order valence-electron chi connectivity index (χ3n) is 3.07. The summed E-state index contributed by atoms with van der Waals surface area (Å²) >= 11 is 0. The lowest BCUT2D eigenvalue weighted by atomic mass is 10.2. The van der Waals surface area contributed by atoms with Crippen LogP contribution in [0.15, 0.2) is 18.3 Å². The Kier molecular flexibility index (Phi) is 3.71. The highest BCUT2D eigenvalue weighted by Crippen LogP contribution is 2.20. The first-order valence-electron chi connectivity index (χ1n) is 6.16. The number of nitrogens with one attached hydrogen (secondary N) is 1. The lowest BCUT2D eigenvalue weighted by Gasteiger charge is -2.14. The standard InChI is InChI=1S/C13H17N3O3/c1-3-9(7-17)15-13(19)11-8(2)14-12-10(18)5-4-6-16(11)12/h4-6,9,17-18H,3,7H2,1-2H3,(H,15,19). The fourth-order valence-electron chi connectivity index (χ4n) is 1.97. The van der Waals surface area contributed by atoms with E-state index in [2.05, 4.69) is 10.3 Å². The Morgan fingerprint density at radius 2 is 2.32 bits per heavy atom. The van der Waals surface area contributed by atoms with Crippen molar-refractivity contribution in [3.05, 3.63) is 29.7 Å². The number of imidazole rings is 1. The second kappa shape index (κ2) is 5.27. The van der Waals surface area contributed by atoms with Crippen molar-refractivity contribution in [2.75, 3.05) is 6.61 Å². The molecule has 0 fully saturated rings. The molecular formula is C13H17N3O3. The zero-order valence-corrected chi connectivity index (χ0v) is 10.9. The first-order valence-corrected chi connectivity index (χ1v) is 6.16. The molecule has 1 atom stereocenters. The molecule has 6 heteroatoms. The van der Waals surface area contributed by atoms with Gasteiger partial charge in [0.25, 0.3) is 5.91 Å². The number of aliphatic hydroxyl groups excluding tert-OH is 1. The Hall–Kier alpha value is -2.08. The first-order chi connectivity index (χ1) is 9.08. The number of amides is 1. The summed E-state index contributed by atoms with van der Waals surface area (Å²) in [4.78, 5) is 16.4. The molecule has 2 rings (SSSR count). The van der Waals surface area contributed by atoms with Gasteiger partial charge in [0.05, 0.1) is 18.3 Å². The molecule has 0 saturated carbocycles. The molecule has 2 heterocycles. The lowest BCUT2D eigenvalue weighted by molar-refractivity contribution is 0.0908. The van der Waals surface area contributed by atoms with E-state index in [-0.39, 0.29) is 24.3 Å². The molecule has 0 saturated heterocycles. The summed E-state index contributed by atoms with van der Waals surface area (Å²) in [5.41, 5.74) is 1.26. The maximum atomic E-state index is 12.2. The third-order valence-corrected chi connectivity index (χ3v) is 3.07. The van der Waals surface area contributed by atoms with Crippen LogP contribution in [0.4, 0.5) is 0 Å². The quantitative estimate of drug-likeness (QED) is 0.763. The van der Waals surface area contributed by atoms with E-state index in [4.69, 9.17) is 5.11 Å². The summed E-state index contributed by atoms with van der Waals surface area (Å²) < 4.78 is 1.55. The van der Waals surface area contributed by atoms with E-state index in [0.29, 0.717) is 23.5 Å². The van der Waals surface area contributed by atoms with Crippen LogP contribution in [0, 0.1) is 6.92 Å². The Bertz CT molecular complexity index is 602. The molecule has 19 heavy (non-hydrogen) atoms. The maximum Gasteiger partial charge on any atom is 0.270 e. The Morgan fingerprint density at radius 1 is 1.58 bits per heavy atom. The van der Waals surface area contributed by atoms with Crippen LogP contribution in [-0.4, -0.2) is 38.2 Å². The van der Waals surface area contributed by atoms with Gasteiger partial charge < -0.3 is 15.5 Å². The summed E-state index contributed by atoms with van der Waals surface area (Å²) in [6.45, 7) is 3.48. The number of rotatable bonds is 4. The maximum absolute atomic E-state index is 12.2. The third kappa shape index (κ3) is 2.39. The van der Waals surface area contributed by atoms with Crippen LogP contribution in [0.25, 0.3) is 5.65 Å². The van der Waals surface area contributed by atoms with Crippen molar-refractivity contribution in [3.8, 4) is 5.75 Å². The van der Waals surface area contributed by atoms with E-state index in [1.54, 1.807) is 23.6 Å². The van der Waals surface area contributed by atoms with Gasteiger partial charge in [-0.2, -0.15) is 0 Å². The minimum absolute atomic E-state index is 0.0267. The number of carbonyl (C=O) groups excluding carboxylic acids is 1. The summed E-state index contributed by atoms with van der Waals surface area (Å²) in [7, 11) is 0. The van der Waals surface area contributed by atoms with E-state index >= 15 is 0 Å². The summed E-state index contributed by atoms with van der Waals surface area (Å²) in [6, 6.07) is 2.88. The SMILES string of the molecule is CCC(CO)NC(=O)c1c(C)nc2c(O)cccn12. The highest BCUT2D eigenvalue weighted by molar-refractivity contribution is 5.95. The van der Waals surface area contributed by atoms with E-state index in [1.807, 2.05) is 6.92 Å². The van der Waals surface area contributed by atoms with Crippen LogP contribution in [0.1, 0.15) is 29.5 Å². The molecule has 1 unspecified atom stereocenters. The van der Waals surface area contributed by atoms with Gasteiger partial charge in [-0.05, 0) is 25.5 Å². The van der Waals surface area contributed by atoms with Gasteiger partial charge >= 0.3 is 0 Å². The summed E-state index contributed by atoms with van der Waals surface area (Å²) in [6.07, 6.45) is 2.31. The molecule has 0 radical (unpaired) electrons. The molecule has 2 aromatic heterocycles. The van der Waals surface area contributed by atoms with Crippen LogP contribution in [0.5, 0.6) is 5.75 Å². The van der Waals surface area contributed by atoms with Crippen LogP contribution in [0.3, 0.4) is 0 Å². The average Bonchev–Trinajstić information content (AvgIpc) is 2.73. The molecule has 0 aliphatic rings. The monoisotopic (exact) mass is 263 g/mol. The van der Waals surface area contributed by atoms with Crippen LogP contribution < -0.4 is 5.32 Å². The van der Waals surface area contributed by atoms with Gasteiger partial charge in [-0.25, -0.2) is 4.98 Å². The summed E-state index contributed by atoms with van der Waals surface area (Å²) in [5, 5.41) is 21.6. The number of pyridine rings is 1. The van der Waals surface area contributed by atoms with Crippen molar-refractivity contribution in [2.24, 2.45) is 0 Å². The molecule has 1 amide bonds. The molecule has 102 valence electrons. The van der Waals surface area contributed by atoms with Gasteiger partial charge in [-0.3, -0.25) is 9.20 Å². The van der Waals surface area contributed by atoms with Gasteiger partial charge in [0.15, 0.2) is 11.4 Å². The molecule has 0 aliphatic heterocycles. The number of aliphatic hydroxyl groups is 1. The molecule has 0 spiro atoms. The van der Waals surface area contributed by atoms with Gasteiger partial charge in [0.2, 0.25) is 0 Å². The summed E-state index contributed by atoms with van der Waals surface area (Å²) in [5.74, 6) is -0.282. The van der Waals surface area contributed by atoms with Crippen LogP contribution in [0.2, 0.25) is 0 Å². The molecule has 0 aliphatic carbocycles. The molecule has 6 nitrogen and oxygen atoms in total. The largest absolute Gasteiger partial charge is 0.504 e. The number of fused-ring (bicyclic) bond motifs is 1. The van der Waals surface area contributed by atoms with Crippen LogP contribution >= 0.6 is 0 Å². The number of aromatic nitrogens is 2. The molecular weight excluding hydrogens is 246 g/mol. The number of nitrogens with zero attached hydrogens (tertiary/aromatic N) is 2. The first kappa shape index (κ1) is 13.4. The smallest absolute Gasteiger partial charge is 0.270 e. The zero-order valence-electron chi connectivity index (χ0n) is 10.9. The van der Waals surface area contributed by atoms with Gasteiger partial charge in [0.1, 0.15) is 5.69 Å². The van der Waals surface area contributed by atoms with Crippen molar-refractivity contribution in [2.45, 2.75) is 26.3 Å². The van der Waals surface area contributed by atoms with Gasteiger partial charge in [0, 0.05) is 6.20 Å². The van der Waals surface area contributed by atoms with Crippen LogP contribution in [-0.2, 0) is 0 Å². The number of carbonyl (C=O) groups is 1. The van der Waals surface area contributed by atoms with E-state index in [0.717, 1.165) is 0 Å². The Labute approximate surface area is 110 Å². The highest BCUT2D eigenvalue weighted by Gasteiger charge is 2.19. The average molecular weight is 263 g/mol. The fraction of sp³-hybridized carbons (Fsp3) is 0.385. The molecule has 3 N–H and O–H groups in total. The zero-order chi connectivity index (χ0) is 14.0. The minimum Gasteiger partial charge on any atom is -0.504 e. The van der Waals surface area contributed by atoms with Crippen molar-refractivity contribution >= 4 is 11.6 Å². The number of hydrogen-bond donors (Lipinski definition) is 3. The van der Waals surface area contributed by atoms with Crippen molar-refractivity contribution in [3.63, 3.8) is 0 Å². The fourth-order valence-corrected chi connectivity index (χ4v) is 1.97. The minimum atomic E-state index is -0.309. The highest BCUT2D eigenvalue weighted by atomic mass is 16.3. The molecule has 2 aromatic rings. The van der Waals surface area contributed by atoms with Crippen molar-refractivity contribution in [1.29, 1.82) is 0 Å². The number of aromatic hydroxyl groups is 1. The second-order valence-electron chi connectivity index (χ2n) is 4.39. The normalized spacial score (nSPS) is 12.6. The van der Waals surface area contributed by atoms with Gasteiger partial charge in [-0.15, -0.1) is 0 Å². The van der Waals surface area contributed by atoms with E-state index in [9.17, 15) is 9.90 Å². The van der Waals surface area contributed by atoms with Crippen molar-refractivity contribution in [1.82, 2.24) is 14.7 Å². The predicted octanol–water partition coefficient (Wildman–Crippen LogP) is 0.849. The van der Waals surface area contributed by atoms with Crippen molar-refractivity contribution < 1.29 is 15.0 Å². The number of hydrogen-bond acceptors (Lipinski definition) is 4. The Balaban J connectivity index is 2.42. The molecule has 0 aromatic carbocycles. The Morgan fingerprint density at radius 3 is 2.95 bits per heavy atom. The predicted molar refractivity (Wildman–Crippen MR) is 70.2 cm³/mol. The van der Waals surface area contributed by atoms with E-state index < -0.39 is 0 Å². The number of aryl methyl sites for hydroxylation is 1. The second-order valence-corrected chi connectivity index (χ2v) is 4.39. The lowest BCUT2D eigenvalue weighted by Crippen LogP contribution is -2.37. The topological polar surface area (TPSA) is 86.9 Å². The molecule has 0 bridgehead atoms. The van der Waals surface area contributed by atoms with E-state index in [1.165, 1.54) is 6.07 Å². The van der Waals surface area contributed by atoms with Gasteiger partial charge in [-0.1, -0.05) is 6.92 Å².